The molecule has 1 N–H and O–H groups in total. The van der Waals surface area contributed by atoms with Gasteiger partial charge in [-0.1, -0.05) is 12.1 Å². The molecule has 0 heterocycles. The largest absolute Gasteiger partial charge is 0.493 e. The van der Waals surface area contributed by atoms with Crippen molar-refractivity contribution in [1.82, 2.24) is 0 Å². The fraction of sp³-hybridized carbons (Fsp3) is 0.455. The first kappa shape index (κ1) is 9.46. The second-order valence-corrected chi connectivity index (χ2v) is 3.76. The Bertz CT molecular complexity index is 345. The van der Waals surface area contributed by atoms with Gasteiger partial charge in [-0.15, -0.1) is 0 Å². The van der Waals surface area contributed by atoms with Gasteiger partial charge in [0.25, 0.3) is 0 Å². The summed E-state index contributed by atoms with van der Waals surface area (Å²) in [4.78, 5) is 0. The summed E-state index contributed by atoms with van der Waals surface area (Å²) < 4.78 is 18.4. The molecule has 1 aliphatic rings. The lowest BCUT2D eigenvalue weighted by atomic mass is 9.96. The van der Waals surface area contributed by atoms with Crippen LogP contribution in [0, 0.1) is 5.82 Å². The Morgan fingerprint density at radius 2 is 2.21 bits per heavy atom. The molecule has 1 saturated carbocycles. The average molecular weight is 196 g/mol. The molecule has 1 fully saturated rings. The van der Waals surface area contributed by atoms with E-state index < -0.39 is 0 Å². The normalized spacial score (nSPS) is 17.9. The zero-order valence-corrected chi connectivity index (χ0v) is 8.09. The Balaban J connectivity index is 2.47. The Kier molecular flexibility index (Phi) is 2.19. The smallest absolute Gasteiger partial charge is 0.165 e. The third-order valence-corrected chi connectivity index (χ3v) is 2.90. The Labute approximate surface area is 82.3 Å². The van der Waals surface area contributed by atoms with Crippen molar-refractivity contribution in [3.8, 4) is 5.75 Å². The summed E-state index contributed by atoms with van der Waals surface area (Å²) in [5, 5.41) is 9.24. The van der Waals surface area contributed by atoms with Crippen LogP contribution in [0.25, 0.3) is 0 Å². The number of hydrogen-bond donors (Lipinski definition) is 1. The van der Waals surface area contributed by atoms with Gasteiger partial charge in [-0.05, 0) is 18.9 Å². The van der Waals surface area contributed by atoms with Crippen molar-refractivity contribution >= 4 is 0 Å². The standard InChI is InChI=1S/C11H13FO2/c1-14-10-8(3-2-4-9(10)12)11(7-13)5-6-11/h2-4,13H,5-7H2,1H3. The first-order valence-electron chi connectivity index (χ1n) is 4.67. The van der Waals surface area contributed by atoms with Gasteiger partial charge in [-0.2, -0.15) is 0 Å². The summed E-state index contributed by atoms with van der Waals surface area (Å²) in [6, 6.07) is 4.85. The average Bonchev–Trinajstić information content (AvgIpc) is 2.98. The molecule has 0 radical (unpaired) electrons. The number of rotatable bonds is 3. The van der Waals surface area contributed by atoms with Gasteiger partial charge in [0.1, 0.15) is 0 Å². The summed E-state index contributed by atoms with van der Waals surface area (Å²) in [5.74, 6) is -0.0798. The minimum absolute atomic E-state index is 0.0623. The van der Waals surface area contributed by atoms with Crippen LogP contribution in [-0.2, 0) is 5.41 Å². The maximum Gasteiger partial charge on any atom is 0.165 e. The predicted octanol–water partition coefficient (Wildman–Crippen LogP) is 1.86. The van der Waals surface area contributed by atoms with E-state index in [-0.39, 0.29) is 23.6 Å². The zero-order chi connectivity index (χ0) is 10.2. The van der Waals surface area contributed by atoms with Gasteiger partial charge in [0.2, 0.25) is 0 Å². The third kappa shape index (κ3) is 1.28. The van der Waals surface area contributed by atoms with E-state index in [1.54, 1.807) is 6.07 Å². The number of para-hydroxylation sites is 1. The molecule has 0 spiro atoms. The van der Waals surface area contributed by atoms with Crippen molar-refractivity contribution in [3.63, 3.8) is 0 Å². The van der Waals surface area contributed by atoms with E-state index in [2.05, 4.69) is 0 Å². The second kappa shape index (κ2) is 3.24. The highest BCUT2D eigenvalue weighted by Gasteiger charge is 2.46. The first-order valence-corrected chi connectivity index (χ1v) is 4.67. The van der Waals surface area contributed by atoms with E-state index in [0.717, 1.165) is 18.4 Å². The Morgan fingerprint density at radius 1 is 1.50 bits per heavy atom. The molecule has 0 aromatic heterocycles. The quantitative estimate of drug-likeness (QED) is 0.799. The number of hydrogen-bond acceptors (Lipinski definition) is 2. The first-order chi connectivity index (χ1) is 6.73. The van der Waals surface area contributed by atoms with Gasteiger partial charge >= 0.3 is 0 Å². The fourth-order valence-electron chi connectivity index (χ4n) is 1.80. The topological polar surface area (TPSA) is 29.5 Å². The molecular formula is C11H13FO2. The summed E-state index contributed by atoms with van der Waals surface area (Å²) in [6.07, 6.45) is 1.81. The monoisotopic (exact) mass is 196 g/mol. The molecule has 0 unspecified atom stereocenters. The number of aliphatic hydroxyl groups excluding tert-OH is 1. The van der Waals surface area contributed by atoms with Crippen molar-refractivity contribution < 1.29 is 14.2 Å². The summed E-state index contributed by atoms with van der Waals surface area (Å²) in [6.45, 7) is 0.0623. The van der Waals surface area contributed by atoms with E-state index >= 15 is 0 Å². The lowest BCUT2D eigenvalue weighted by molar-refractivity contribution is 0.250. The van der Waals surface area contributed by atoms with Crippen molar-refractivity contribution in [3.05, 3.63) is 29.6 Å². The van der Waals surface area contributed by atoms with Crippen LogP contribution in [0.15, 0.2) is 18.2 Å². The molecule has 0 saturated heterocycles. The van der Waals surface area contributed by atoms with E-state index in [4.69, 9.17) is 4.74 Å². The lowest BCUT2D eigenvalue weighted by Gasteiger charge is -2.16. The van der Waals surface area contributed by atoms with Crippen LogP contribution < -0.4 is 4.74 Å². The van der Waals surface area contributed by atoms with Crippen molar-refractivity contribution in [2.75, 3.05) is 13.7 Å². The fourth-order valence-corrected chi connectivity index (χ4v) is 1.80. The summed E-state index contributed by atoms with van der Waals surface area (Å²) in [5.41, 5.74) is 0.551. The highest BCUT2D eigenvalue weighted by atomic mass is 19.1. The molecule has 0 atom stereocenters. The molecular weight excluding hydrogens is 183 g/mol. The van der Waals surface area contributed by atoms with E-state index in [0.29, 0.717) is 0 Å². The molecule has 14 heavy (non-hydrogen) atoms. The molecule has 0 aliphatic heterocycles. The SMILES string of the molecule is COc1c(F)cccc1C1(CO)CC1. The number of methoxy groups -OCH3 is 1. The molecule has 3 heteroatoms. The van der Waals surface area contributed by atoms with E-state index in [9.17, 15) is 9.50 Å². The van der Waals surface area contributed by atoms with Gasteiger partial charge in [0.05, 0.1) is 13.7 Å². The minimum Gasteiger partial charge on any atom is -0.493 e. The number of ether oxygens (including phenoxy) is 1. The second-order valence-electron chi connectivity index (χ2n) is 3.76. The molecule has 2 nitrogen and oxygen atoms in total. The maximum absolute atomic E-state index is 13.3. The van der Waals surface area contributed by atoms with Crippen LogP contribution in [0.2, 0.25) is 0 Å². The van der Waals surface area contributed by atoms with Gasteiger partial charge in [-0.25, -0.2) is 4.39 Å². The van der Waals surface area contributed by atoms with E-state index in [1.807, 2.05) is 6.07 Å². The number of halogens is 1. The van der Waals surface area contributed by atoms with Gasteiger partial charge in [0.15, 0.2) is 11.6 Å². The molecule has 1 aromatic carbocycles. The molecule has 1 aromatic rings. The third-order valence-electron chi connectivity index (χ3n) is 2.90. The summed E-state index contributed by atoms with van der Waals surface area (Å²) in [7, 11) is 1.45. The minimum atomic E-state index is -0.357. The van der Waals surface area contributed by atoms with Crippen LogP contribution >= 0.6 is 0 Å². The highest BCUT2D eigenvalue weighted by Crippen LogP contribution is 2.51. The highest BCUT2D eigenvalue weighted by molar-refractivity contribution is 5.44. The molecule has 76 valence electrons. The molecule has 2 rings (SSSR count). The van der Waals surface area contributed by atoms with Crippen LogP contribution in [0.1, 0.15) is 18.4 Å². The van der Waals surface area contributed by atoms with Gasteiger partial charge < -0.3 is 9.84 Å². The van der Waals surface area contributed by atoms with Crippen LogP contribution in [-0.4, -0.2) is 18.8 Å². The maximum atomic E-state index is 13.3. The van der Waals surface area contributed by atoms with Crippen LogP contribution in [0.4, 0.5) is 4.39 Å². The predicted molar refractivity (Wildman–Crippen MR) is 50.9 cm³/mol. The van der Waals surface area contributed by atoms with Gasteiger partial charge in [-0.3, -0.25) is 0 Å². The molecule has 1 aliphatic carbocycles. The van der Waals surface area contributed by atoms with E-state index in [1.165, 1.54) is 13.2 Å². The molecule has 0 bridgehead atoms. The Hall–Kier alpha value is -1.09. The zero-order valence-electron chi connectivity index (χ0n) is 8.09. The lowest BCUT2D eigenvalue weighted by Crippen LogP contribution is -2.13. The number of benzene rings is 1. The molecule has 0 amide bonds. The van der Waals surface area contributed by atoms with Gasteiger partial charge in [0, 0.05) is 11.0 Å². The van der Waals surface area contributed by atoms with Crippen LogP contribution in [0.5, 0.6) is 5.75 Å². The Morgan fingerprint density at radius 3 is 2.71 bits per heavy atom. The van der Waals surface area contributed by atoms with Crippen molar-refractivity contribution in [1.29, 1.82) is 0 Å². The summed E-state index contributed by atoms with van der Waals surface area (Å²) >= 11 is 0. The van der Waals surface area contributed by atoms with Crippen molar-refractivity contribution in [2.45, 2.75) is 18.3 Å². The number of aliphatic hydroxyl groups is 1. The van der Waals surface area contributed by atoms with Crippen molar-refractivity contribution in [2.24, 2.45) is 0 Å². The van der Waals surface area contributed by atoms with Crippen LogP contribution in [0.3, 0.4) is 0 Å².